The van der Waals surface area contributed by atoms with E-state index in [4.69, 9.17) is 25.4 Å². The number of amidine groups is 1. The molecule has 0 aliphatic heterocycles. The Labute approximate surface area is 112 Å². The molecule has 1 rings (SSSR count). The standard InChI is InChI=1S/C13H18N2O4/c1-3-17-11-7-9(13(14)15)5-6-10(11)19-8-12(16)18-4-2/h5-7H,3-4,8H2,1-2H3,(H3,14,15). The molecule has 0 saturated heterocycles. The molecule has 0 saturated carbocycles. The van der Waals surface area contributed by atoms with Crippen molar-refractivity contribution in [3.63, 3.8) is 0 Å². The SMILES string of the molecule is CCOC(=O)COc1ccc(C(=N)N)cc1OCC. The number of carbonyl (C=O) groups excluding carboxylic acids is 1. The Bertz CT molecular complexity index is 460. The summed E-state index contributed by atoms with van der Waals surface area (Å²) < 4.78 is 15.5. The van der Waals surface area contributed by atoms with Crippen molar-refractivity contribution in [2.45, 2.75) is 13.8 Å². The van der Waals surface area contributed by atoms with Gasteiger partial charge in [-0.25, -0.2) is 4.79 Å². The van der Waals surface area contributed by atoms with E-state index in [1.165, 1.54) is 0 Å². The molecule has 0 aliphatic rings. The number of nitrogens with one attached hydrogen (secondary N) is 1. The lowest BCUT2D eigenvalue weighted by molar-refractivity contribution is -0.145. The van der Waals surface area contributed by atoms with Crippen molar-refractivity contribution < 1.29 is 19.0 Å². The van der Waals surface area contributed by atoms with Crippen molar-refractivity contribution in [3.8, 4) is 11.5 Å². The monoisotopic (exact) mass is 266 g/mol. The van der Waals surface area contributed by atoms with Crippen LogP contribution in [0.25, 0.3) is 0 Å². The van der Waals surface area contributed by atoms with Crippen molar-refractivity contribution in [2.24, 2.45) is 5.73 Å². The highest BCUT2D eigenvalue weighted by Crippen LogP contribution is 2.28. The second-order valence-corrected chi connectivity index (χ2v) is 3.60. The Hall–Kier alpha value is -2.24. The van der Waals surface area contributed by atoms with Gasteiger partial charge in [-0.3, -0.25) is 5.41 Å². The molecular formula is C13H18N2O4. The van der Waals surface area contributed by atoms with E-state index in [0.29, 0.717) is 30.3 Å². The lowest BCUT2D eigenvalue weighted by Gasteiger charge is -2.12. The fraction of sp³-hybridized carbons (Fsp3) is 0.385. The zero-order valence-corrected chi connectivity index (χ0v) is 11.1. The van der Waals surface area contributed by atoms with Crippen LogP contribution in [-0.2, 0) is 9.53 Å². The van der Waals surface area contributed by atoms with Crippen LogP contribution in [0.15, 0.2) is 18.2 Å². The predicted octanol–water partition coefficient (Wildman–Crippen LogP) is 1.31. The van der Waals surface area contributed by atoms with Crippen LogP contribution in [0.2, 0.25) is 0 Å². The molecule has 1 aromatic rings. The number of ether oxygens (including phenoxy) is 3. The average Bonchev–Trinajstić information content (AvgIpc) is 2.37. The number of nitrogen functional groups attached to an aromatic ring is 1. The summed E-state index contributed by atoms with van der Waals surface area (Å²) in [7, 11) is 0. The summed E-state index contributed by atoms with van der Waals surface area (Å²) in [6.07, 6.45) is 0. The van der Waals surface area contributed by atoms with Gasteiger partial charge in [0.15, 0.2) is 18.1 Å². The molecule has 104 valence electrons. The molecule has 0 heterocycles. The van der Waals surface area contributed by atoms with Crippen LogP contribution in [0, 0.1) is 5.41 Å². The molecule has 19 heavy (non-hydrogen) atoms. The van der Waals surface area contributed by atoms with Crippen LogP contribution in [-0.4, -0.2) is 31.6 Å². The zero-order valence-electron chi connectivity index (χ0n) is 11.1. The summed E-state index contributed by atoms with van der Waals surface area (Å²) in [5, 5.41) is 7.37. The predicted molar refractivity (Wildman–Crippen MR) is 70.8 cm³/mol. The highest BCUT2D eigenvalue weighted by molar-refractivity contribution is 5.95. The molecule has 0 amide bonds. The maximum absolute atomic E-state index is 11.2. The summed E-state index contributed by atoms with van der Waals surface area (Å²) in [5.74, 6) is 0.359. The van der Waals surface area contributed by atoms with Crippen molar-refractivity contribution in [1.82, 2.24) is 0 Å². The molecular weight excluding hydrogens is 248 g/mol. The minimum Gasteiger partial charge on any atom is -0.490 e. The van der Waals surface area contributed by atoms with Gasteiger partial charge in [0.05, 0.1) is 13.2 Å². The Balaban J connectivity index is 2.81. The van der Waals surface area contributed by atoms with Crippen molar-refractivity contribution in [1.29, 1.82) is 5.41 Å². The lowest BCUT2D eigenvalue weighted by Crippen LogP contribution is -2.15. The Morgan fingerprint density at radius 1 is 1.21 bits per heavy atom. The number of nitrogens with two attached hydrogens (primary N) is 1. The molecule has 0 aliphatic carbocycles. The molecule has 6 heteroatoms. The first-order chi connectivity index (χ1) is 9.08. The van der Waals surface area contributed by atoms with E-state index in [-0.39, 0.29) is 12.4 Å². The third kappa shape index (κ3) is 4.50. The van der Waals surface area contributed by atoms with E-state index in [1.807, 2.05) is 6.92 Å². The fourth-order valence-corrected chi connectivity index (χ4v) is 1.40. The van der Waals surface area contributed by atoms with Gasteiger partial charge in [-0.1, -0.05) is 0 Å². The number of esters is 1. The van der Waals surface area contributed by atoms with Gasteiger partial charge in [-0.15, -0.1) is 0 Å². The number of benzene rings is 1. The van der Waals surface area contributed by atoms with Gasteiger partial charge >= 0.3 is 5.97 Å². The first kappa shape index (κ1) is 14.8. The van der Waals surface area contributed by atoms with Crippen LogP contribution in [0.1, 0.15) is 19.4 Å². The van der Waals surface area contributed by atoms with Gasteiger partial charge in [-0.2, -0.15) is 0 Å². The molecule has 0 unspecified atom stereocenters. The first-order valence-electron chi connectivity index (χ1n) is 5.98. The quantitative estimate of drug-likeness (QED) is 0.441. The maximum Gasteiger partial charge on any atom is 0.344 e. The molecule has 1 aromatic carbocycles. The zero-order chi connectivity index (χ0) is 14.3. The topological polar surface area (TPSA) is 94.6 Å². The van der Waals surface area contributed by atoms with Crippen LogP contribution >= 0.6 is 0 Å². The summed E-state index contributed by atoms with van der Waals surface area (Å²) in [4.78, 5) is 11.2. The first-order valence-corrected chi connectivity index (χ1v) is 5.98. The fourth-order valence-electron chi connectivity index (χ4n) is 1.40. The minimum atomic E-state index is -0.444. The summed E-state index contributed by atoms with van der Waals surface area (Å²) in [6, 6.07) is 4.85. The lowest BCUT2D eigenvalue weighted by atomic mass is 10.2. The molecule has 0 spiro atoms. The van der Waals surface area contributed by atoms with Gasteiger partial charge in [0.2, 0.25) is 0 Å². The second-order valence-electron chi connectivity index (χ2n) is 3.60. The van der Waals surface area contributed by atoms with E-state index < -0.39 is 5.97 Å². The molecule has 0 atom stereocenters. The molecule has 6 nitrogen and oxygen atoms in total. The maximum atomic E-state index is 11.2. The molecule has 0 bridgehead atoms. The van der Waals surface area contributed by atoms with Crippen LogP contribution in [0.4, 0.5) is 0 Å². The Morgan fingerprint density at radius 3 is 2.53 bits per heavy atom. The number of hydrogen-bond donors (Lipinski definition) is 2. The highest BCUT2D eigenvalue weighted by Gasteiger charge is 2.10. The Morgan fingerprint density at radius 2 is 1.95 bits per heavy atom. The van der Waals surface area contributed by atoms with Crippen molar-refractivity contribution >= 4 is 11.8 Å². The van der Waals surface area contributed by atoms with Gasteiger partial charge < -0.3 is 19.9 Å². The van der Waals surface area contributed by atoms with Crippen LogP contribution < -0.4 is 15.2 Å². The van der Waals surface area contributed by atoms with Crippen LogP contribution in [0.5, 0.6) is 11.5 Å². The van der Waals surface area contributed by atoms with E-state index in [2.05, 4.69) is 0 Å². The molecule has 3 N–H and O–H groups in total. The van der Waals surface area contributed by atoms with E-state index in [0.717, 1.165) is 0 Å². The van der Waals surface area contributed by atoms with Gasteiger partial charge in [0.25, 0.3) is 0 Å². The largest absolute Gasteiger partial charge is 0.490 e. The van der Waals surface area contributed by atoms with Gasteiger partial charge in [0, 0.05) is 5.56 Å². The Kier molecular flexibility index (Phi) is 5.66. The minimum absolute atomic E-state index is 0.0575. The van der Waals surface area contributed by atoms with Crippen molar-refractivity contribution in [3.05, 3.63) is 23.8 Å². The summed E-state index contributed by atoms with van der Waals surface area (Å²) in [5.41, 5.74) is 5.94. The van der Waals surface area contributed by atoms with Gasteiger partial charge in [-0.05, 0) is 32.0 Å². The van der Waals surface area contributed by atoms with E-state index in [9.17, 15) is 4.79 Å². The van der Waals surface area contributed by atoms with Gasteiger partial charge in [0.1, 0.15) is 5.84 Å². The smallest absolute Gasteiger partial charge is 0.344 e. The number of hydrogen-bond acceptors (Lipinski definition) is 5. The third-order valence-corrected chi connectivity index (χ3v) is 2.21. The van der Waals surface area contributed by atoms with Crippen molar-refractivity contribution in [2.75, 3.05) is 19.8 Å². The highest BCUT2D eigenvalue weighted by atomic mass is 16.6. The molecule has 0 fully saturated rings. The molecule has 0 aromatic heterocycles. The third-order valence-electron chi connectivity index (χ3n) is 2.21. The second kappa shape index (κ2) is 7.25. The summed E-state index contributed by atoms with van der Waals surface area (Å²) in [6.45, 7) is 4.12. The number of carbonyl (C=O) groups is 1. The molecule has 0 radical (unpaired) electrons. The average molecular weight is 266 g/mol. The van der Waals surface area contributed by atoms with Crippen LogP contribution in [0.3, 0.4) is 0 Å². The van der Waals surface area contributed by atoms with E-state index >= 15 is 0 Å². The summed E-state index contributed by atoms with van der Waals surface area (Å²) >= 11 is 0. The normalized spacial score (nSPS) is 9.79. The number of rotatable bonds is 7. The van der Waals surface area contributed by atoms with E-state index in [1.54, 1.807) is 25.1 Å².